The van der Waals surface area contributed by atoms with E-state index in [1.165, 1.54) is 62.9 Å². The molecule has 0 bridgehead atoms. The number of amides is 1. The van der Waals surface area contributed by atoms with Gasteiger partial charge in [0.25, 0.3) is 5.91 Å². The molecule has 0 atom stereocenters. The SMILES string of the molecule is O=C(NC1CCC(CCN2CCc3ccccc3CC2)CC1)c1cc2ccccc2[nH]1. The van der Waals surface area contributed by atoms with Crippen molar-refractivity contribution in [2.45, 2.75) is 51.0 Å². The van der Waals surface area contributed by atoms with Gasteiger partial charge in [0.2, 0.25) is 0 Å². The summed E-state index contributed by atoms with van der Waals surface area (Å²) >= 11 is 0. The van der Waals surface area contributed by atoms with Gasteiger partial charge in [-0.3, -0.25) is 4.79 Å². The maximum absolute atomic E-state index is 12.7. The molecule has 162 valence electrons. The smallest absolute Gasteiger partial charge is 0.267 e. The van der Waals surface area contributed by atoms with Crippen molar-refractivity contribution < 1.29 is 4.79 Å². The Hall–Kier alpha value is -2.59. The third kappa shape index (κ3) is 4.85. The fourth-order valence-corrected chi connectivity index (χ4v) is 5.36. The van der Waals surface area contributed by atoms with Crippen LogP contribution >= 0.6 is 0 Å². The summed E-state index contributed by atoms with van der Waals surface area (Å²) in [4.78, 5) is 18.6. The summed E-state index contributed by atoms with van der Waals surface area (Å²) in [6.07, 6.45) is 8.31. The van der Waals surface area contributed by atoms with E-state index in [0.717, 1.165) is 29.7 Å². The molecule has 2 aromatic carbocycles. The first-order valence-corrected chi connectivity index (χ1v) is 11.9. The number of hydrogen-bond acceptors (Lipinski definition) is 2. The van der Waals surface area contributed by atoms with Gasteiger partial charge < -0.3 is 15.2 Å². The van der Waals surface area contributed by atoms with Crippen LogP contribution in [-0.4, -0.2) is 41.5 Å². The molecule has 0 radical (unpaired) electrons. The summed E-state index contributed by atoms with van der Waals surface area (Å²) in [5, 5.41) is 4.35. The number of rotatable bonds is 5. The molecule has 0 spiro atoms. The molecule has 0 saturated heterocycles. The second kappa shape index (κ2) is 9.27. The van der Waals surface area contributed by atoms with Gasteiger partial charge in [0.15, 0.2) is 0 Å². The highest BCUT2D eigenvalue weighted by atomic mass is 16.1. The van der Waals surface area contributed by atoms with Crippen molar-refractivity contribution in [2.75, 3.05) is 19.6 Å². The van der Waals surface area contributed by atoms with Crippen LogP contribution < -0.4 is 5.32 Å². The van der Waals surface area contributed by atoms with Crippen LogP contribution in [0.1, 0.15) is 53.7 Å². The molecule has 2 aliphatic rings. The van der Waals surface area contributed by atoms with Crippen molar-refractivity contribution in [1.82, 2.24) is 15.2 Å². The Kier molecular flexibility index (Phi) is 6.08. The number of para-hydroxylation sites is 1. The molecule has 5 rings (SSSR count). The zero-order valence-electron chi connectivity index (χ0n) is 18.3. The van der Waals surface area contributed by atoms with Crippen LogP contribution in [-0.2, 0) is 12.8 Å². The van der Waals surface area contributed by atoms with E-state index in [2.05, 4.69) is 39.5 Å². The van der Waals surface area contributed by atoms with Crippen LogP contribution in [0.3, 0.4) is 0 Å². The topological polar surface area (TPSA) is 48.1 Å². The van der Waals surface area contributed by atoms with Gasteiger partial charge in [-0.1, -0.05) is 42.5 Å². The molecule has 1 aliphatic carbocycles. The van der Waals surface area contributed by atoms with E-state index in [-0.39, 0.29) is 5.91 Å². The first-order valence-electron chi connectivity index (χ1n) is 11.9. The molecular weight excluding hydrogens is 382 g/mol. The van der Waals surface area contributed by atoms with Crippen LogP contribution in [0.25, 0.3) is 10.9 Å². The predicted molar refractivity (Wildman–Crippen MR) is 126 cm³/mol. The molecule has 3 aromatic rings. The van der Waals surface area contributed by atoms with Crippen molar-refractivity contribution in [1.29, 1.82) is 0 Å². The van der Waals surface area contributed by atoms with Crippen LogP contribution in [0, 0.1) is 5.92 Å². The highest BCUT2D eigenvalue weighted by Crippen LogP contribution is 2.28. The minimum absolute atomic E-state index is 0.0313. The minimum Gasteiger partial charge on any atom is -0.351 e. The summed E-state index contributed by atoms with van der Waals surface area (Å²) in [5.74, 6) is 0.829. The number of aromatic nitrogens is 1. The minimum atomic E-state index is 0.0313. The van der Waals surface area contributed by atoms with Crippen molar-refractivity contribution in [3.05, 3.63) is 71.4 Å². The van der Waals surface area contributed by atoms with E-state index >= 15 is 0 Å². The fourth-order valence-electron chi connectivity index (χ4n) is 5.36. The van der Waals surface area contributed by atoms with Gasteiger partial charge in [0.05, 0.1) is 0 Å². The number of carbonyl (C=O) groups excluding carboxylic acids is 1. The number of nitrogens with zero attached hydrogens (tertiary/aromatic N) is 1. The number of fused-ring (bicyclic) bond motifs is 2. The van der Waals surface area contributed by atoms with Crippen molar-refractivity contribution >= 4 is 16.8 Å². The van der Waals surface area contributed by atoms with Crippen LogP contribution in [0.5, 0.6) is 0 Å². The Bertz CT molecular complexity index is 972. The summed E-state index contributed by atoms with van der Waals surface area (Å²) < 4.78 is 0. The quantitative estimate of drug-likeness (QED) is 0.620. The van der Waals surface area contributed by atoms with Gasteiger partial charge in [-0.25, -0.2) is 0 Å². The molecule has 1 saturated carbocycles. The number of hydrogen-bond donors (Lipinski definition) is 2. The van der Waals surface area contributed by atoms with E-state index in [9.17, 15) is 4.79 Å². The number of nitrogens with one attached hydrogen (secondary N) is 2. The standard InChI is InChI=1S/C27H33N3O/c31-27(26-19-23-7-3-4-8-25(23)29-26)28-24-11-9-20(10-12-24)13-16-30-17-14-21-5-1-2-6-22(21)15-18-30/h1-8,19-20,24,29H,9-18H2,(H,28,31). The van der Waals surface area contributed by atoms with Crippen LogP contribution in [0.4, 0.5) is 0 Å². The molecule has 31 heavy (non-hydrogen) atoms. The van der Waals surface area contributed by atoms with E-state index < -0.39 is 0 Å². The maximum Gasteiger partial charge on any atom is 0.267 e. The van der Waals surface area contributed by atoms with Gasteiger partial charge in [0, 0.05) is 30.0 Å². The van der Waals surface area contributed by atoms with Crippen molar-refractivity contribution in [2.24, 2.45) is 5.92 Å². The number of benzene rings is 2. The first kappa shape index (κ1) is 20.3. The predicted octanol–water partition coefficient (Wildman–Crippen LogP) is 4.95. The van der Waals surface area contributed by atoms with E-state index in [4.69, 9.17) is 0 Å². The molecule has 4 heteroatoms. The number of carbonyl (C=O) groups is 1. The van der Waals surface area contributed by atoms with Gasteiger partial charge in [0.1, 0.15) is 5.69 Å². The first-order chi connectivity index (χ1) is 15.2. The zero-order valence-corrected chi connectivity index (χ0v) is 18.3. The molecule has 1 aliphatic heterocycles. The average Bonchev–Trinajstić information content (AvgIpc) is 3.14. The largest absolute Gasteiger partial charge is 0.351 e. The second-order valence-corrected chi connectivity index (χ2v) is 9.36. The monoisotopic (exact) mass is 415 g/mol. The van der Waals surface area contributed by atoms with Crippen molar-refractivity contribution in [3.8, 4) is 0 Å². The molecule has 0 unspecified atom stereocenters. The Labute approximate surface area is 185 Å². The zero-order chi connectivity index (χ0) is 21.0. The van der Waals surface area contributed by atoms with Gasteiger partial charge in [-0.2, -0.15) is 0 Å². The molecule has 4 nitrogen and oxygen atoms in total. The number of H-pyrrole nitrogens is 1. The number of aromatic amines is 1. The summed E-state index contributed by atoms with van der Waals surface area (Å²) in [7, 11) is 0. The molecule has 2 N–H and O–H groups in total. The van der Waals surface area contributed by atoms with Gasteiger partial charge in [-0.05, 0) is 80.7 Å². The Morgan fingerprint density at radius 1 is 0.935 bits per heavy atom. The lowest BCUT2D eigenvalue weighted by atomic mass is 9.84. The third-order valence-corrected chi connectivity index (χ3v) is 7.32. The highest BCUT2D eigenvalue weighted by Gasteiger charge is 2.24. The molecular formula is C27H33N3O. The van der Waals surface area contributed by atoms with E-state index in [1.54, 1.807) is 0 Å². The van der Waals surface area contributed by atoms with Gasteiger partial charge in [-0.15, -0.1) is 0 Å². The Morgan fingerprint density at radius 3 is 2.32 bits per heavy atom. The lowest BCUT2D eigenvalue weighted by molar-refractivity contribution is 0.0915. The van der Waals surface area contributed by atoms with Gasteiger partial charge >= 0.3 is 0 Å². The maximum atomic E-state index is 12.7. The average molecular weight is 416 g/mol. The Morgan fingerprint density at radius 2 is 1.61 bits per heavy atom. The summed E-state index contributed by atoms with van der Waals surface area (Å²) in [6, 6.07) is 19.2. The molecule has 1 fully saturated rings. The molecule has 1 aromatic heterocycles. The normalized spacial score (nSPS) is 22.1. The third-order valence-electron chi connectivity index (χ3n) is 7.32. The highest BCUT2D eigenvalue weighted by molar-refractivity contribution is 5.98. The van der Waals surface area contributed by atoms with Crippen molar-refractivity contribution in [3.63, 3.8) is 0 Å². The summed E-state index contributed by atoms with van der Waals surface area (Å²) in [6.45, 7) is 3.59. The molecule has 1 amide bonds. The van der Waals surface area contributed by atoms with E-state index in [0.29, 0.717) is 11.7 Å². The lowest BCUT2D eigenvalue weighted by Crippen LogP contribution is -2.38. The Balaban J connectivity index is 1.06. The van der Waals surface area contributed by atoms with E-state index in [1.807, 2.05) is 30.3 Å². The van der Waals surface area contributed by atoms with Crippen LogP contribution in [0.2, 0.25) is 0 Å². The van der Waals surface area contributed by atoms with Crippen LogP contribution in [0.15, 0.2) is 54.6 Å². The lowest BCUT2D eigenvalue weighted by Gasteiger charge is -2.30. The second-order valence-electron chi connectivity index (χ2n) is 9.36. The fraction of sp³-hybridized carbons (Fsp3) is 0.444. The molecule has 2 heterocycles. The summed E-state index contributed by atoms with van der Waals surface area (Å²) in [5.41, 5.74) is 4.77.